The summed E-state index contributed by atoms with van der Waals surface area (Å²) >= 11 is 0. The molecule has 3 aromatic rings. The second-order valence-corrected chi connectivity index (χ2v) is 8.25. The highest BCUT2D eigenvalue weighted by Gasteiger charge is 2.32. The summed E-state index contributed by atoms with van der Waals surface area (Å²) in [4.78, 5) is 17.5. The van der Waals surface area contributed by atoms with Crippen molar-refractivity contribution in [1.29, 1.82) is 0 Å². The van der Waals surface area contributed by atoms with Crippen molar-refractivity contribution in [2.45, 2.75) is 20.4 Å². The first-order valence-electron chi connectivity index (χ1n) is 8.17. The van der Waals surface area contributed by atoms with Gasteiger partial charge in [-0.1, -0.05) is 30.3 Å². The molecule has 0 radical (unpaired) electrons. The molecule has 6 nitrogen and oxygen atoms in total. The molecule has 0 aliphatic rings. The largest absolute Gasteiger partial charge is 0.384 e. The Morgan fingerprint density at radius 2 is 1.65 bits per heavy atom. The Labute approximate surface area is 151 Å². The van der Waals surface area contributed by atoms with E-state index in [0.717, 1.165) is 16.7 Å². The van der Waals surface area contributed by atoms with Gasteiger partial charge in [-0.2, -0.15) is 0 Å². The van der Waals surface area contributed by atoms with Crippen LogP contribution in [-0.2, 0) is 20.2 Å². The molecule has 3 rings (SSSR count). The Morgan fingerprint density at radius 3 is 2.27 bits per heavy atom. The van der Waals surface area contributed by atoms with Crippen molar-refractivity contribution in [2.75, 3.05) is 14.2 Å². The Bertz CT molecular complexity index is 1050. The van der Waals surface area contributed by atoms with Crippen molar-refractivity contribution in [2.24, 2.45) is 0 Å². The smallest absolute Gasteiger partial charge is 0.307 e. The van der Waals surface area contributed by atoms with Gasteiger partial charge < -0.3 is 13.6 Å². The van der Waals surface area contributed by atoms with Gasteiger partial charge in [0.15, 0.2) is 0 Å². The highest BCUT2D eigenvalue weighted by Crippen LogP contribution is 2.43. The molecule has 136 valence electrons. The van der Waals surface area contributed by atoms with Crippen LogP contribution >= 0.6 is 7.60 Å². The second kappa shape index (κ2) is 7.16. The fraction of sp³-hybridized carbons (Fsp3) is 0.263. The zero-order chi connectivity index (χ0) is 18.9. The summed E-state index contributed by atoms with van der Waals surface area (Å²) in [5, 5.41) is 0. The zero-order valence-electron chi connectivity index (χ0n) is 15.2. The first-order valence-corrected chi connectivity index (χ1v) is 9.71. The number of hydrogen-bond donors (Lipinski definition) is 0. The van der Waals surface area contributed by atoms with Crippen LogP contribution in [0.3, 0.4) is 0 Å². The number of fused-ring (bicyclic) bond motifs is 1. The van der Waals surface area contributed by atoms with Gasteiger partial charge in [0.1, 0.15) is 0 Å². The second-order valence-electron chi connectivity index (χ2n) is 6.10. The normalized spacial score (nSPS) is 11.8. The van der Waals surface area contributed by atoms with Crippen molar-refractivity contribution >= 4 is 24.1 Å². The molecule has 0 spiro atoms. The van der Waals surface area contributed by atoms with Gasteiger partial charge in [0, 0.05) is 14.2 Å². The van der Waals surface area contributed by atoms with Crippen LogP contribution in [0.5, 0.6) is 0 Å². The molecule has 0 fully saturated rings. The number of nitrogens with zero attached hydrogens (tertiary/aromatic N) is 2. The standard InChI is InChI=1S/C19H21N2O4P/c1-13-10-16-17(11-14(13)2)21(12-15-8-6-5-7-9-15)19(22)18(20-16)26(23,24-3)25-4/h5-11H,12H2,1-4H3. The molecule has 0 bridgehead atoms. The van der Waals surface area contributed by atoms with Crippen LogP contribution < -0.4 is 11.0 Å². The van der Waals surface area contributed by atoms with Crippen LogP contribution in [0.1, 0.15) is 16.7 Å². The van der Waals surface area contributed by atoms with Crippen LogP contribution in [0.15, 0.2) is 47.3 Å². The first-order chi connectivity index (χ1) is 12.4. The van der Waals surface area contributed by atoms with E-state index in [4.69, 9.17) is 9.05 Å². The molecular weight excluding hydrogens is 351 g/mol. The van der Waals surface area contributed by atoms with Crippen LogP contribution in [0.4, 0.5) is 0 Å². The fourth-order valence-corrected chi connectivity index (χ4v) is 3.91. The van der Waals surface area contributed by atoms with Crippen LogP contribution in [-0.4, -0.2) is 23.8 Å². The third-order valence-corrected chi connectivity index (χ3v) is 6.24. The monoisotopic (exact) mass is 372 g/mol. The number of aromatic nitrogens is 2. The zero-order valence-corrected chi connectivity index (χ0v) is 16.1. The van der Waals surface area contributed by atoms with Gasteiger partial charge in [0.25, 0.3) is 5.56 Å². The van der Waals surface area contributed by atoms with Crippen molar-refractivity contribution in [3.8, 4) is 0 Å². The van der Waals surface area contributed by atoms with Gasteiger partial charge >= 0.3 is 7.60 Å². The van der Waals surface area contributed by atoms with Crippen molar-refractivity contribution in [1.82, 2.24) is 9.55 Å². The molecule has 0 amide bonds. The van der Waals surface area contributed by atoms with Crippen LogP contribution in [0, 0.1) is 13.8 Å². The van der Waals surface area contributed by atoms with Crippen molar-refractivity contribution in [3.05, 3.63) is 69.5 Å². The minimum absolute atomic E-state index is 0.200. The minimum atomic E-state index is -3.78. The van der Waals surface area contributed by atoms with E-state index in [1.165, 1.54) is 14.2 Å². The SMILES string of the molecule is COP(=O)(OC)c1nc2cc(C)c(C)cc2n(Cc2ccccc2)c1=O. The predicted molar refractivity (Wildman–Crippen MR) is 102 cm³/mol. The van der Waals surface area contributed by atoms with E-state index in [-0.39, 0.29) is 5.44 Å². The van der Waals surface area contributed by atoms with Crippen LogP contribution in [0.2, 0.25) is 0 Å². The lowest BCUT2D eigenvalue weighted by Crippen LogP contribution is -2.37. The molecule has 0 N–H and O–H groups in total. The molecule has 0 atom stereocenters. The first kappa shape index (κ1) is 18.5. The summed E-state index contributed by atoms with van der Waals surface area (Å²) in [5.74, 6) is 0. The van der Waals surface area contributed by atoms with E-state index in [9.17, 15) is 9.36 Å². The highest BCUT2D eigenvalue weighted by molar-refractivity contribution is 7.61. The average molecular weight is 372 g/mol. The molecule has 2 aromatic carbocycles. The highest BCUT2D eigenvalue weighted by atomic mass is 31.2. The lowest BCUT2D eigenvalue weighted by molar-refractivity contribution is 0.286. The van der Waals surface area contributed by atoms with E-state index in [0.29, 0.717) is 17.6 Å². The molecule has 0 saturated carbocycles. The molecule has 0 unspecified atom stereocenters. The maximum Gasteiger partial charge on any atom is 0.384 e. The maximum atomic E-state index is 13.1. The summed E-state index contributed by atoms with van der Waals surface area (Å²) in [7, 11) is -1.28. The van der Waals surface area contributed by atoms with Gasteiger partial charge in [-0.15, -0.1) is 0 Å². The molecule has 0 saturated heterocycles. The van der Waals surface area contributed by atoms with Gasteiger partial charge in [-0.05, 0) is 42.7 Å². The summed E-state index contributed by atoms with van der Waals surface area (Å²) < 4.78 is 24.5. The lowest BCUT2D eigenvalue weighted by atomic mass is 10.1. The van der Waals surface area contributed by atoms with Gasteiger partial charge in [0.2, 0.25) is 5.44 Å². The van der Waals surface area contributed by atoms with Gasteiger partial charge in [-0.3, -0.25) is 9.36 Å². The summed E-state index contributed by atoms with van der Waals surface area (Å²) in [6.45, 7) is 4.28. The molecule has 1 aromatic heterocycles. The lowest BCUT2D eigenvalue weighted by Gasteiger charge is -2.17. The third-order valence-electron chi connectivity index (χ3n) is 4.47. The molecular formula is C19H21N2O4P. The van der Waals surface area contributed by atoms with E-state index < -0.39 is 13.2 Å². The molecule has 0 aliphatic heterocycles. The summed E-state index contributed by atoms with van der Waals surface area (Å²) in [5.41, 5.74) is 3.62. The Kier molecular flexibility index (Phi) is 5.10. The molecule has 26 heavy (non-hydrogen) atoms. The van der Waals surface area contributed by atoms with Crippen molar-refractivity contribution < 1.29 is 13.6 Å². The fourth-order valence-electron chi connectivity index (χ4n) is 2.83. The van der Waals surface area contributed by atoms with Gasteiger partial charge in [0.05, 0.1) is 17.6 Å². The Balaban J connectivity index is 2.35. The Morgan fingerprint density at radius 1 is 1.04 bits per heavy atom. The topological polar surface area (TPSA) is 70.4 Å². The maximum absolute atomic E-state index is 13.1. The van der Waals surface area contributed by atoms with E-state index in [2.05, 4.69) is 4.98 Å². The van der Waals surface area contributed by atoms with Crippen LogP contribution in [0.25, 0.3) is 11.0 Å². The third kappa shape index (κ3) is 3.23. The predicted octanol–water partition coefficient (Wildman–Crippen LogP) is 3.17. The molecule has 1 heterocycles. The van der Waals surface area contributed by atoms with E-state index in [1.54, 1.807) is 4.57 Å². The average Bonchev–Trinajstić information content (AvgIpc) is 2.65. The van der Waals surface area contributed by atoms with E-state index >= 15 is 0 Å². The minimum Gasteiger partial charge on any atom is -0.307 e. The quantitative estimate of drug-likeness (QED) is 0.644. The summed E-state index contributed by atoms with van der Waals surface area (Å²) in [6.07, 6.45) is 0. The van der Waals surface area contributed by atoms with E-state index in [1.807, 2.05) is 56.3 Å². The van der Waals surface area contributed by atoms with Gasteiger partial charge in [-0.25, -0.2) is 4.98 Å². The number of benzene rings is 2. The Hall–Kier alpha value is -2.27. The molecule has 0 aliphatic carbocycles. The molecule has 7 heteroatoms. The number of rotatable bonds is 5. The van der Waals surface area contributed by atoms with Crippen molar-refractivity contribution in [3.63, 3.8) is 0 Å². The number of hydrogen-bond acceptors (Lipinski definition) is 5. The summed E-state index contributed by atoms with van der Waals surface area (Å²) in [6, 6.07) is 13.4. The number of aryl methyl sites for hydroxylation is 2.